The van der Waals surface area contributed by atoms with Crippen molar-refractivity contribution < 1.29 is 19.4 Å². The van der Waals surface area contributed by atoms with Crippen LogP contribution in [0.25, 0.3) is 5.76 Å². The lowest BCUT2D eigenvalue weighted by molar-refractivity contribution is -0.132. The summed E-state index contributed by atoms with van der Waals surface area (Å²) in [6.45, 7) is 0. The van der Waals surface area contributed by atoms with Gasteiger partial charge in [0.15, 0.2) is 0 Å². The summed E-state index contributed by atoms with van der Waals surface area (Å²) in [7, 11) is 1.55. The molecule has 4 rings (SSSR count). The standard InChI is InChI=1S/C22H17N3O4/c1-29-16-10-8-14(9-11-16)18-17(19(26)15-6-3-2-4-7-15)20(27)21(28)25(18)22-23-12-5-13-24-22/h2-13,18,26H,1H3/b19-17-. The third-order valence-corrected chi connectivity index (χ3v) is 4.69. The van der Waals surface area contributed by atoms with Gasteiger partial charge in [0.1, 0.15) is 11.5 Å². The molecule has 2 aromatic carbocycles. The number of nitrogens with zero attached hydrogens (tertiary/aromatic N) is 3. The lowest BCUT2D eigenvalue weighted by Gasteiger charge is -2.23. The van der Waals surface area contributed by atoms with Gasteiger partial charge in [-0.25, -0.2) is 9.97 Å². The Morgan fingerprint density at radius 2 is 1.62 bits per heavy atom. The SMILES string of the molecule is COc1ccc(C2/C(=C(/O)c3ccccc3)C(=O)C(=O)N2c2ncccn2)cc1. The Bertz CT molecular complexity index is 1080. The molecular weight excluding hydrogens is 370 g/mol. The quantitative estimate of drug-likeness (QED) is 0.420. The summed E-state index contributed by atoms with van der Waals surface area (Å²) in [4.78, 5) is 35.3. The molecule has 1 N–H and O–H groups in total. The smallest absolute Gasteiger partial charge is 0.302 e. The summed E-state index contributed by atoms with van der Waals surface area (Å²) < 4.78 is 5.20. The minimum atomic E-state index is -0.872. The van der Waals surface area contributed by atoms with Crippen LogP contribution in [0.2, 0.25) is 0 Å². The Kier molecular flexibility index (Phi) is 4.78. The average Bonchev–Trinajstić information content (AvgIpc) is 3.05. The third-order valence-electron chi connectivity index (χ3n) is 4.69. The molecule has 0 aliphatic carbocycles. The number of hydrogen-bond donors (Lipinski definition) is 1. The maximum absolute atomic E-state index is 12.9. The first-order valence-corrected chi connectivity index (χ1v) is 8.89. The number of aliphatic hydroxyl groups excluding tert-OH is 1. The molecule has 2 heterocycles. The zero-order valence-electron chi connectivity index (χ0n) is 15.5. The number of benzene rings is 2. The van der Waals surface area contributed by atoms with Gasteiger partial charge in [-0.2, -0.15) is 0 Å². The monoisotopic (exact) mass is 387 g/mol. The van der Waals surface area contributed by atoms with Crippen LogP contribution in [-0.2, 0) is 9.59 Å². The maximum Gasteiger partial charge on any atom is 0.302 e. The minimum absolute atomic E-state index is 0.0150. The highest BCUT2D eigenvalue weighted by molar-refractivity contribution is 6.51. The number of carbonyl (C=O) groups excluding carboxylic acids is 2. The summed E-state index contributed by atoms with van der Waals surface area (Å²) in [5.41, 5.74) is 1.05. The number of methoxy groups -OCH3 is 1. The van der Waals surface area contributed by atoms with E-state index in [9.17, 15) is 14.7 Å². The highest BCUT2D eigenvalue weighted by Crippen LogP contribution is 2.41. The van der Waals surface area contributed by atoms with Crippen LogP contribution in [0.15, 0.2) is 78.6 Å². The number of Topliss-reactive ketones (excluding diaryl/α,β-unsaturated/α-hetero) is 1. The van der Waals surface area contributed by atoms with Gasteiger partial charge in [0.05, 0.1) is 18.7 Å². The molecule has 0 spiro atoms. The Morgan fingerprint density at radius 3 is 2.24 bits per heavy atom. The van der Waals surface area contributed by atoms with E-state index in [2.05, 4.69) is 9.97 Å². The second kappa shape index (κ2) is 7.55. The zero-order valence-corrected chi connectivity index (χ0v) is 15.5. The van der Waals surface area contributed by atoms with Crippen molar-refractivity contribution in [2.24, 2.45) is 0 Å². The predicted molar refractivity (Wildman–Crippen MR) is 106 cm³/mol. The number of hydrogen-bond acceptors (Lipinski definition) is 6. The van der Waals surface area contributed by atoms with Crippen molar-refractivity contribution in [2.45, 2.75) is 6.04 Å². The molecule has 0 bridgehead atoms. The number of carbonyl (C=O) groups is 2. The van der Waals surface area contributed by atoms with Gasteiger partial charge in [-0.15, -0.1) is 0 Å². The summed E-state index contributed by atoms with van der Waals surface area (Å²) in [6.07, 6.45) is 2.98. The summed E-state index contributed by atoms with van der Waals surface area (Å²) >= 11 is 0. The number of ether oxygens (including phenoxy) is 1. The molecule has 7 heteroatoms. The van der Waals surface area contributed by atoms with E-state index < -0.39 is 17.7 Å². The molecule has 1 fully saturated rings. The van der Waals surface area contributed by atoms with Crippen LogP contribution in [0, 0.1) is 0 Å². The Hall–Kier alpha value is -4.00. The minimum Gasteiger partial charge on any atom is -0.507 e. The van der Waals surface area contributed by atoms with Gasteiger partial charge >= 0.3 is 5.91 Å². The van der Waals surface area contributed by atoms with Crippen molar-refractivity contribution in [3.63, 3.8) is 0 Å². The van der Waals surface area contributed by atoms with Crippen LogP contribution in [0.4, 0.5) is 5.95 Å². The molecule has 1 saturated heterocycles. The number of ketones is 1. The van der Waals surface area contributed by atoms with Crippen LogP contribution in [0.1, 0.15) is 17.2 Å². The van der Waals surface area contributed by atoms with Crippen molar-refractivity contribution in [3.05, 3.63) is 89.8 Å². The highest BCUT2D eigenvalue weighted by Gasteiger charge is 2.48. The molecule has 1 unspecified atom stereocenters. The van der Waals surface area contributed by atoms with Crippen LogP contribution >= 0.6 is 0 Å². The van der Waals surface area contributed by atoms with E-state index in [4.69, 9.17) is 4.74 Å². The maximum atomic E-state index is 12.9. The van der Waals surface area contributed by atoms with E-state index >= 15 is 0 Å². The van der Waals surface area contributed by atoms with Crippen molar-refractivity contribution >= 4 is 23.4 Å². The van der Waals surface area contributed by atoms with Crippen LogP contribution in [-0.4, -0.2) is 33.9 Å². The Labute approximate surface area is 166 Å². The normalized spacial score (nSPS) is 18.1. The van der Waals surface area contributed by atoms with Gasteiger partial charge in [0, 0.05) is 18.0 Å². The van der Waals surface area contributed by atoms with E-state index in [0.717, 1.165) is 0 Å². The van der Waals surface area contributed by atoms with Crippen molar-refractivity contribution in [3.8, 4) is 5.75 Å². The molecule has 0 saturated carbocycles. The molecule has 0 radical (unpaired) electrons. The van der Waals surface area contributed by atoms with Crippen molar-refractivity contribution in [1.29, 1.82) is 0 Å². The van der Waals surface area contributed by atoms with Gasteiger partial charge in [0.25, 0.3) is 5.78 Å². The Morgan fingerprint density at radius 1 is 0.966 bits per heavy atom. The largest absolute Gasteiger partial charge is 0.507 e. The molecule has 7 nitrogen and oxygen atoms in total. The fourth-order valence-electron chi connectivity index (χ4n) is 3.31. The Balaban J connectivity index is 1.93. The van der Waals surface area contributed by atoms with Gasteiger partial charge in [0.2, 0.25) is 5.95 Å². The highest BCUT2D eigenvalue weighted by atomic mass is 16.5. The number of rotatable bonds is 4. The second-order valence-electron chi connectivity index (χ2n) is 6.36. The topological polar surface area (TPSA) is 92.6 Å². The summed E-state index contributed by atoms with van der Waals surface area (Å²) in [5.74, 6) is -1.12. The summed E-state index contributed by atoms with van der Waals surface area (Å²) in [6, 6.07) is 16.3. The first-order valence-electron chi connectivity index (χ1n) is 8.89. The second-order valence-corrected chi connectivity index (χ2v) is 6.36. The molecule has 1 amide bonds. The summed E-state index contributed by atoms with van der Waals surface area (Å²) in [5, 5.41) is 10.9. The fraction of sp³-hybridized carbons (Fsp3) is 0.0909. The van der Waals surface area contributed by atoms with Gasteiger partial charge in [-0.05, 0) is 23.8 Å². The number of aliphatic hydroxyl groups is 1. The lowest BCUT2D eigenvalue weighted by atomic mass is 9.95. The third kappa shape index (κ3) is 3.23. The fourth-order valence-corrected chi connectivity index (χ4v) is 3.31. The molecule has 144 valence electrons. The first-order chi connectivity index (χ1) is 14.1. The molecule has 29 heavy (non-hydrogen) atoms. The number of aromatic nitrogens is 2. The zero-order chi connectivity index (χ0) is 20.4. The van der Waals surface area contributed by atoms with E-state index in [-0.39, 0.29) is 17.3 Å². The molecule has 3 aromatic rings. The molecule has 1 aromatic heterocycles. The number of amides is 1. The molecule has 1 aliphatic heterocycles. The van der Waals surface area contributed by atoms with E-state index in [0.29, 0.717) is 16.9 Å². The van der Waals surface area contributed by atoms with Gasteiger partial charge in [-0.3, -0.25) is 14.5 Å². The van der Waals surface area contributed by atoms with Gasteiger partial charge in [-0.1, -0.05) is 42.5 Å². The first kappa shape index (κ1) is 18.4. The predicted octanol–water partition coefficient (Wildman–Crippen LogP) is 3.11. The van der Waals surface area contributed by atoms with E-state index in [1.807, 2.05) is 0 Å². The number of anilines is 1. The molecule has 1 aliphatic rings. The van der Waals surface area contributed by atoms with E-state index in [1.165, 1.54) is 17.3 Å². The van der Waals surface area contributed by atoms with Crippen LogP contribution < -0.4 is 9.64 Å². The molecule has 1 atom stereocenters. The van der Waals surface area contributed by atoms with Crippen molar-refractivity contribution in [2.75, 3.05) is 12.0 Å². The van der Waals surface area contributed by atoms with Crippen LogP contribution in [0.3, 0.4) is 0 Å². The lowest BCUT2D eigenvalue weighted by Crippen LogP contribution is -2.31. The van der Waals surface area contributed by atoms with Crippen molar-refractivity contribution in [1.82, 2.24) is 9.97 Å². The van der Waals surface area contributed by atoms with Gasteiger partial charge < -0.3 is 9.84 Å². The van der Waals surface area contributed by atoms with E-state index in [1.54, 1.807) is 67.8 Å². The average molecular weight is 387 g/mol. The molecular formula is C22H17N3O4. The van der Waals surface area contributed by atoms with Crippen LogP contribution in [0.5, 0.6) is 5.75 Å².